The molecule has 0 aliphatic heterocycles. The third kappa shape index (κ3) is 4.58. The van der Waals surface area contributed by atoms with E-state index in [9.17, 15) is 8.78 Å². The van der Waals surface area contributed by atoms with E-state index in [2.05, 4.69) is 9.97 Å². The highest BCUT2D eigenvalue weighted by Gasteiger charge is 2.10. The Kier molecular flexibility index (Phi) is 5.52. The fraction of sp³-hybridized carbons (Fsp3) is 0.200. The Morgan fingerprint density at radius 1 is 0.962 bits per heavy atom. The Hall–Kier alpha value is -2.47. The van der Waals surface area contributed by atoms with Gasteiger partial charge in [0.05, 0.1) is 0 Å². The molecule has 0 aliphatic carbocycles. The van der Waals surface area contributed by atoms with Gasteiger partial charge in [0, 0.05) is 23.1 Å². The highest BCUT2D eigenvalue weighted by atomic mass is 32.2. The summed E-state index contributed by atoms with van der Waals surface area (Å²) in [7, 11) is 0. The molecule has 0 fully saturated rings. The van der Waals surface area contributed by atoms with Gasteiger partial charge in [-0.1, -0.05) is 29.5 Å². The average Bonchev–Trinajstić information content (AvgIpc) is 2.58. The maximum absolute atomic E-state index is 13.7. The van der Waals surface area contributed by atoms with Crippen molar-refractivity contribution in [3.8, 4) is 11.6 Å². The minimum absolute atomic E-state index is 0.232. The van der Waals surface area contributed by atoms with Crippen LogP contribution in [0, 0.1) is 32.4 Å². The van der Waals surface area contributed by atoms with Crippen LogP contribution in [0.5, 0.6) is 11.6 Å². The molecule has 26 heavy (non-hydrogen) atoms. The van der Waals surface area contributed by atoms with Crippen LogP contribution in [0.1, 0.15) is 22.4 Å². The smallest absolute Gasteiger partial charge is 0.223 e. The molecule has 0 aliphatic rings. The van der Waals surface area contributed by atoms with E-state index in [-0.39, 0.29) is 11.3 Å². The zero-order valence-corrected chi connectivity index (χ0v) is 15.5. The van der Waals surface area contributed by atoms with Crippen LogP contribution in [0.15, 0.2) is 47.6 Å². The van der Waals surface area contributed by atoms with Gasteiger partial charge in [-0.05, 0) is 50.6 Å². The van der Waals surface area contributed by atoms with Crippen LogP contribution in [0.25, 0.3) is 0 Å². The number of halogens is 2. The van der Waals surface area contributed by atoms with Crippen molar-refractivity contribution in [1.29, 1.82) is 0 Å². The summed E-state index contributed by atoms with van der Waals surface area (Å²) in [4.78, 5) is 8.71. The van der Waals surface area contributed by atoms with Gasteiger partial charge in [0.25, 0.3) is 0 Å². The van der Waals surface area contributed by atoms with E-state index in [0.717, 1.165) is 34.7 Å². The number of benzene rings is 2. The molecule has 0 N–H and O–H groups in total. The largest absolute Gasteiger partial charge is 0.439 e. The van der Waals surface area contributed by atoms with Crippen molar-refractivity contribution in [2.45, 2.75) is 31.7 Å². The molecule has 1 heterocycles. The summed E-state index contributed by atoms with van der Waals surface area (Å²) in [5, 5.41) is 0.452. The normalized spacial score (nSPS) is 10.8. The molecule has 0 radical (unpaired) electrons. The summed E-state index contributed by atoms with van der Waals surface area (Å²) in [5.41, 5.74) is 3.18. The predicted octanol–water partition coefficient (Wildman–Crippen LogP) is 5.76. The third-order valence-corrected chi connectivity index (χ3v) is 4.62. The van der Waals surface area contributed by atoms with Crippen LogP contribution < -0.4 is 4.74 Å². The molecule has 1 aromatic heterocycles. The summed E-state index contributed by atoms with van der Waals surface area (Å²) in [6.07, 6.45) is 0. The Balaban J connectivity index is 1.78. The van der Waals surface area contributed by atoms with Crippen molar-refractivity contribution in [1.82, 2.24) is 9.97 Å². The lowest BCUT2D eigenvalue weighted by Gasteiger charge is -2.10. The average molecular weight is 372 g/mol. The number of hydrogen-bond acceptors (Lipinski definition) is 4. The second-order valence-electron chi connectivity index (χ2n) is 6.03. The van der Waals surface area contributed by atoms with Crippen LogP contribution in [0.3, 0.4) is 0 Å². The summed E-state index contributed by atoms with van der Waals surface area (Å²) in [6, 6.07) is 11.1. The first-order chi connectivity index (χ1) is 12.4. The minimum Gasteiger partial charge on any atom is -0.439 e. The van der Waals surface area contributed by atoms with Crippen molar-refractivity contribution >= 4 is 11.8 Å². The fourth-order valence-electron chi connectivity index (χ4n) is 2.45. The lowest BCUT2D eigenvalue weighted by atomic mass is 10.1. The molecule has 0 spiro atoms. The molecular weight excluding hydrogens is 354 g/mol. The zero-order chi connectivity index (χ0) is 18.7. The summed E-state index contributed by atoms with van der Waals surface area (Å²) in [6.45, 7) is 5.83. The van der Waals surface area contributed by atoms with Crippen LogP contribution in [-0.4, -0.2) is 9.97 Å². The molecule has 0 bridgehead atoms. The Labute approximate surface area is 155 Å². The number of ether oxygens (including phenoxy) is 1. The van der Waals surface area contributed by atoms with Crippen LogP contribution >= 0.6 is 11.8 Å². The molecule has 0 saturated carbocycles. The molecule has 6 heteroatoms. The number of hydrogen-bond donors (Lipinski definition) is 0. The Morgan fingerprint density at radius 2 is 1.77 bits per heavy atom. The number of rotatable bonds is 5. The lowest BCUT2D eigenvalue weighted by molar-refractivity contribution is 0.451. The topological polar surface area (TPSA) is 35.0 Å². The molecule has 0 amide bonds. The van der Waals surface area contributed by atoms with Gasteiger partial charge >= 0.3 is 0 Å². The standard InChI is InChI=1S/C20H18F2N2OS/c1-12-4-7-18(13(2)8-12)25-19-9-14(3)23-20(24-19)26-11-15-10-16(21)5-6-17(15)22/h4-10H,11H2,1-3H3. The number of aromatic nitrogens is 2. The van der Waals surface area contributed by atoms with Gasteiger partial charge in [-0.15, -0.1) is 0 Å². The molecule has 0 atom stereocenters. The Bertz CT molecular complexity index is 947. The van der Waals surface area contributed by atoms with Gasteiger partial charge in [-0.2, -0.15) is 4.98 Å². The summed E-state index contributed by atoms with van der Waals surface area (Å²) < 4.78 is 32.9. The molecule has 0 saturated heterocycles. The van der Waals surface area contributed by atoms with Crippen LogP contribution in [-0.2, 0) is 5.75 Å². The first-order valence-electron chi connectivity index (χ1n) is 8.08. The van der Waals surface area contributed by atoms with Gasteiger partial charge in [-0.25, -0.2) is 13.8 Å². The van der Waals surface area contributed by atoms with Gasteiger partial charge < -0.3 is 4.74 Å². The van der Waals surface area contributed by atoms with Gasteiger partial charge in [-0.3, -0.25) is 0 Å². The van der Waals surface area contributed by atoms with Gasteiger partial charge in [0.1, 0.15) is 17.4 Å². The van der Waals surface area contributed by atoms with E-state index in [0.29, 0.717) is 11.0 Å². The second-order valence-corrected chi connectivity index (χ2v) is 6.97. The summed E-state index contributed by atoms with van der Waals surface area (Å²) in [5.74, 6) is 0.465. The summed E-state index contributed by atoms with van der Waals surface area (Å²) >= 11 is 1.23. The van der Waals surface area contributed by atoms with E-state index < -0.39 is 11.6 Å². The second kappa shape index (κ2) is 7.83. The molecule has 3 rings (SSSR count). The van der Waals surface area contributed by atoms with Crippen molar-refractivity contribution in [2.75, 3.05) is 0 Å². The van der Waals surface area contributed by atoms with E-state index in [1.807, 2.05) is 39.0 Å². The molecule has 134 valence electrons. The highest BCUT2D eigenvalue weighted by molar-refractivity contribution is 7.98. The van der Waals surface area contributed by atoms with Crippen LogP contribution in [0.2, 0.25) is 0 Å². The van der Waals surface area contributed by atoms with Gasteiger partial charge in [0.2, 0.25) is 5.88 Å². The van der Waals surface area contributed by atoms with E-state index in [4.69, 9.17) is 4.74 Å². The molecule has 0 unspecified atom stereocenters. The molecule has 3 aromatic rings. The number of thioether (sulfide) groups is 1. The van der Waals surface area contributed by atoms with E-state index in [1.165, 1.54) is 17.8 Å². The maximum Gasteiger partial charge on any atom is 0.223 e. The monoisotopic (exact) mass is 372 g/mol. The first kappa shape index (κ1) is 18.3. The van der Waals surface area contributed by atoms with Gasteiger partial charge in [0.15, 0.2) is 5.16 Å². The lowest BCUT2D eigenvalue weighted by Crippen LogP contribution is -1.97. The SMILES string of the molecule is Cc1ccc(Oc2cc(C)nc(SCc3cc(F)ccc3F)n2)c(C)c1. The van der Waals surface area contributed by atoms with Crippen LogP contribution in [0.4, 0.5) is 8.78 Å². The van der Waals surface area contributed by atoms with Crippen molar-refractivity contribution in [2.24, 2.45) is 0 Å². The van der Waals surface area contributed by atoms with Crippen molar-refractivity contribution < 1.29 is 13.5 Å². The quantitative estimate of drug-likeness (QED) is 0.421. The maximum atomic E-state index is 13.7. The zero-order valence-electron chi connectivity index (χ0n) is 14.7. The van der Waals surface area contributed by atoms with Crippen molar-refractivity contribution in [3.05, 3.63) is 76.5 Å². The molecule has 3 nitrogen and oxygen atoms in total. The highest BCUT2D eigenvalue weighted by Crippen LogP contribution is 2.28. The molecular formula is C20H18F2N2OS. The Morgan fingerprint density at radius 3 is 2.54 bits per heavy atom. The molecule has 2 aromatic carbocycles. The van der Waals surface area contributed by atoms with E-state index in [1.54, 1.807) is 6.07 Å². The predicted molar refractivity (Wildman–Crippen MR) is 98.7 cm³/mol. The van der Waals surface area contributed by atoms with Crippen molar-refractivity contribution in [3.63, 3.8) is 0 Å². The van der Waals surface area contributed by atoms with E-state index >= 15 is 0 Å². The number of nitrogens with zero attached hydrogens (tertiary/aromatic N) is 2. The fourth-order valence-corrected chi connectivity index (χ4v) is 3.32. The third-order valence-electron chi connectivity index (χ3n) is 3.72. The number of aryl methyl sites for hydroxylation is 3. The first-order valence-corrected chi connectivity index (χ1v) is 9.07. The minimum atomic E-state index is -0.467.